The largest absolute Gasteiger partial charge is 0.493 e. The summed E-state index contributed by atoms with van der Waals surface area (Å²) in [5.41, 5.74) is 0.386. The molecule has 1 aromatic carbocycles. The van der Waals surface area contributed by atoms with Crippen molar-refractivity contribution in [1.82, 2.24) is 15.2 Å². The molecule has 1 spiro atoms. The van der Waals surface area contributed by atoms with Crippen molar-refractivity contribution in [3.63, 3.8) is 0 Å². The fourth-order valence-corrected chi connectivity index (χ4v) is 5.20. The molecule has 5 rings (SSSR count). The number of nitrogens with one attached hydrogen (secondary N) is 1. The van der Waals surface area contributed by atoms with Gasteiger partial charge in [0.2, 0.25) is 0 Å². The topological polar surface area (TPSA) is 71.5 Å². The van der Waals surface area contributed by atoms with E-state index in [9.17, 15) is 9.59 Å². The maximum Gasteiger partial charge on any atom is 0.325 e. The Balaban J connectivity index is 1.44. The van der Waals surface area contributed by atoms with Gasteiger partial charge < -0.3 is 10.1 Å². The second kappa shape index (κ2) is 6.17. The molecule has 0 aliphatic carbocycles. The molecule has 1 fully saturated rings. The van der Waals surface area contributed by atoms with Gasteiger partial charge in [-0.15, -0.1) is 22.7 Å². The molecule has 8 heteroatoms. The summed E-state index contributed by atoms with van der Waals surface area (Å²) in [6.07, 6.45) is 0.419. The molecule has 6 nitrogen and oxygen atoms in total. The number of thiazole rings is 1. The van der Waals surface area contributed by atoms with Crippen molar-refractivity contribution in [2.45, 2.75) is 18.5 Å². The van der Waals surface area contributed by atoms with Crippen LogP contribution in [-0.4, -0.2) is 28.4 Å². The Morgan fingerprint density at radius 3 is 2.93 bits per heavy atom. The van der Waals surface area contributed by atoms with Crippen LogP contribution in [0, 0.1) is 0 Å². The molecule has 1 saturated heterocycles. The van der Waals surface area contributed by atoms with E-state index in [4.69, 9.17) is 4.74 Å². The summed E-state index contributed by atoms with van der Waals surface area (Å²) in [6.45, 7) is 0.549. The van der Waals surface area contributed by atoms with Crippen LogP contribution in [-0.2, 0) is 16.9 Å². The Bertz CT molecular complexity index is 1030. The number of carbonyl (C=O) groups excluding carboxylic acids is 2. The Morgan fingerprint density at radius 2 is 2.07 bits per heavy atom. The molecule has 0 saturated carbocycles. The van der Waals surface area contributed by atoms with Gasteiger partial charge in [0.25, 0.3) is 5.91 Å². The predicted octanol–water partition coefficient (Wildman–Crippen LogP) is 3.60. The lowest BCUT2D eigenvalue weighted by Crippen LogP contribution is -2.47. The van der Waals surface area contributed by atoms with E-state index in [1.807, 2.05) is 47.2 Å². The fourth-order valence-electron chi connectivity index (χ4n) is 3.57. The van der Waals surface area contributed by atoms with E-state index in [0.717, 1.165) is 15.4 Å². The first kappa shape index (κ1) is 16.5. The standard InChI is InChI=1S/C19H15N3O3S2/c23-17-19(7-8-25-14-5-2-1-4-13(14)19)21-18(24)22(17)10-12-11-27-16(20-12)15-6-3-9-26-15/h1-6,9,11H,7-8,10H2,(H,21,24)/t19-/m0/s1. The zero-order chi connectivity index (χ0) is 18.4. The molecule has 136 valence electrons. The fraction of sp³-hybridized carbons (Fsp3) is 0.211. The van der Waals surface area contributed by atoms with E-state index in [1.54, 1.807) is 11.3 Å². The number of imide groups is 1. The van der Waals surface area contributed by atoms with Gasteiger partial charge in [0.15, 0.2) is 5.54 Å². The van der Waals surface area contributed by atoms with Crippen LogP contribution in [0.5, 0.6) is 5.75 Å². The summed E-state index contributed by atoms with van der Waals surface area (Å²) in [4.78, 5) is 32.8. The van der Waals surface area contributed by atoms with Crippen LogP contribution in [0.15, 0.2) is 47.2 Å². The summed E-state index contributed by atoms with van der Waals surface area (Å²) >= 11 is 3.14. The number of nitrogens with zero attached hydrogens (tertiary/aromatic N) is 2. The quantitative estimate of drug-likeness (QED) is 0.686. The van der Waals surface area contributed by atoms with Crippen molar-refractivity contribution < 1.29 is 14.3 Å². The minimum absolute atomic E-state index is 0.164. The maximum absolute atomic E-state index is 13.3. The summed E-state index contributed by atoms with van der Waals surface area (Å²) < 4.78 is 5.66. The normalized spacial score (nSPS) is 21.3. The average molecular weight is 397 g/mol. The van der Waals surface area contributed by atoms with Crippen molar-refractivity contribution in [2.24, 2.45) is 0 Å². The minimum atomic E-state index is -1.04. The van der Waals surface area contributed by atoms with Crippen molar-refractivity contribution in [3.8, 4) is 15.6 Å². The zero-order valence-electron chi connectivity index (χ0n) is 14.2. The first-order chi connectivity index (χ1) is 13.2. The first-order valence-electron chi connectivity index (χ1n) is 8.52. The zero-order valence-corrected chi connectivity index (χ0v) is 15.8. The van der Waals surface area contributed by atoms with Crippen LogP contribution in [0.1, 0.15) is 17.7 Å². The number of amides is 3. The van der Waals surface area contributed by atoms with Gasteiger partial charge in [-0.1, -0.05) is 24.3 Å². The van der Waals surface area contributed by atoms with E-state index < -0.39 is 5.54 Å². The van der Waals surface area contributed by atoms with Gasteiger partial charge in [-0.3, -0.25) is 9.69 Å². The Kier molecular flexibility index (Phi) is 3.76. The van der Waals surface area contributed by atoms with Crippen molar-refractivity contribution >= 4 is 34.6 Å². The lowest BCUT2D eigenvalue weighted by molar-refractivity contribution is -0.133. The molecule has 2 aliphatic heterocycles. The van der Waals surface area contributed by atoms with Gasteiger partial charge in [0.05, 0.1) is 23.7 Å². The van der Waals surface area contributed by atoms with Gasteiger partial charge in [-0.05, 0) is 17.5 Å². The van der Waals surface area contributed by atoms with Gasteiger partial charge >= 0.3 is 6.03 Å². The third kappa shape index (κ3) is 2.55. The van der Waals surface area contributed by atoms with Crippen LogP contribution in [0.25, 0.3) is 9.88 Å². The number of ether oxygens (including phenoxy) is 1. The van der Waals surface area contributed by atoms with E-state index in [1.165, 1.54) is 16.2 Å². The van der Waals surface area contributed by atoms with Crippen LogP contribution in [0.4, 0.5) is 4.79 Å². The highest BCUT2D eigenvalue weighted by Gasteiger charge is 2.54. The molecule has 1 N–H and O–H groups in total. The second-order valence-electron chi connectivity index (χ2n) is 6.44. The van der Waals surface area contributed by atoms with Crippen LogP contribution < -0.4 is 10.1 Å². The number of benzene rings is 1. The third-order valence-corrected chi connectivity index (χ3v) is 6.79. The van der Waals surface area contributed by atoms with Crippen LogP contribution in [0.2, 0.25) is 0 Å². The van der Waals surface area contributed by atoms with Gasteiger partial charge in [-0.2, -0.15) is 0 Å². The maximum atomic E-state index is 13.3. The molecule has 3 amide bonds. The molecular formula is C19H15N3O3S2. The number of thiophene rings is 1. The summed E-state index contributed by atoms with van der Waals surface area (Å²) in [6, 6.07) is 11.0. The number of rotatable bonds is 3. The highest BCUT2D eigenvalue weighted by Crippen LogP contribution is 2.41. The molecule has 2 aliphatic rings. The van der Waals surface area contributed by atoms with E-state index >= 15 is 0 Å². The highest BCUT2D eigenvalue weighted by atomic mass is 32.1. The monoisotopic (exact) mass is 397 g/mol. The van der Waals surface area contributed by atoms with E-state index in [0.29, 0.717) is 24.5 Å². The molecule has 4 heterocycles. The smallest absolute Gasteiger partial charge is 0.325 e. The lowest BCUT2D eigenvalue weighted by Gasteiger charge is -2.33. The molecule has 1 atom stereocenters. The van der Waals surface area contributed by atoms with E-state index in [2.05, 4.69) is 10.3 Å². The number of fused-ring (bicyclic) bond motifs is 2. The first-order valence-corrected chi connectivity index (χ1v) is 10.3. The molecule has 27 heavy (non-hydrogen) atoms. The Morgan fingerprint density at radius 1 is 1.19 bits per heavy atom. The van der Waals surface area contributed by atoms with Crippen molar-refractivity contribution in [3.05, 3.63) is 58.4 Å². The van der Waals surface area contributed by atoms with Crippen molar-refractivity contribution in [2.75, 3.05) is 6.61 Å². The van der Waals surface area contributed by atoms with E-state index in [-0.39, 0.29) is 18.5 Å². The molecule has 0 unspecified atom stereocenters. The second-order valence-corrected chi connectivity index (χ2v) is 8.25. The third-order valence-electron chi connectivity index (χ3n) is 4.86. The number of urea groups is 1. The Labute approximate surface area is 163 Å². The number of hydrogen-bond donors (Lipinski definition) is 1. The predicted molar refractivity (Wildman–Crippen MR) is 103 cm³/mol. The average Bonchev–Trinajstić information content (AvgIpc) is 3.40. The summed E-state index contributed by atoms with van der Waals surface area (Å²) in [5, 5.41) is 7.72. The molecule has 2 aromatic heterocycles. The summed E-state index contributed by atoms with van der Waals surface area (Å²) in [5.74, 6) is 0.404. The van der Waals surface area contributed by atoms with Gasteiger partial charge in [-0.25, -0.2) is 9.78 Å². The number of para-hydroxylation sites is 1. The molecule has 3 aromatic rings. The van der Waals surface area contributed by atoms with Crippen LogP contribution in [0.3, 0.4) is 0 Å². The summed E-state index contributed by atoms with van der Waals surface area (Å²) in [7, 11) is 0. The van der Waals surface area contributed by atoms with Crippen molar-refractivity contribution in [1.29, 1.82) is 0 Å². The number of aromatic nitrogens is 1. The Hall–Kier alpha value is -2.71. The number of hydrogen-bond acceptors (Lipinski definition) is 6. The highest BCUT2D eigenvalue weighted by molar-refractivity contribution is 7.20. The minimum Gasteiger partial charge on any atom is -0.493 e. The molecular weight excluding hydrogens is 382 g/mol. The van der Waals surface area contributed by atoms with Gasteiger partial charge in [0, 0.05) is 17.4 Å². The SMILES string of the molecule is O=C1N[C@]2(CCOc3ccccc32)C(=O)N1Cc1csc(-c2cccs2)n1. The van der Waals surface area contributed by atoms with Gasteiger partial charge in [0.1, 0.15) is 10.8 Å². The lowest BCUT2D eigenvalue weighted by atomic mass is 9.84. The molecule has 0 bridgehead atoms. The molecule has 0 radical (unpaired) electrons. The number of carbonyl (C=O) groups is 2. The van der Waals surface area contributed by atoms with Crippen LogP contribution >= 0.6 is 22.7 Å².